The van der Waals surface area contributed by atoms with Crippen LogP contribution in [0.25, 0.3) is 11.5 Å². The molecule has 3 rings (SSSR count). The van der Waals surface area contributed by atoms with Crippen LogP contribution in [0.3, 0.4) is 0 Å². The van der Waals surface area contributed by atoms with E-state index >= 15 is 0 Å². The fourth-order valence-electron chi connectivity index (χ4n) is 2.21. The molecule has 2 aromatic carbocycles. The highest BCUT2D eigenvalue weighted by Gasteiger charge is 2.12. The Morgan fingerprint density at radius 3 is 2.52 bits per heavy atom. The standard InChI is InChI=1S/C18H17N3O2/c1-12-7-9-14(10-8-12)17(22)19-11-16-20-21-18(23-16)15-6-4-3-5-13(15)2/h3-10H,11H2,1-2H3,(H,19,22). The molecule has 0 bridgehead atoms. The molecule has 23 heavy (non-hydrogen) atoms. The molecule has 0 radical (unpaired) electrons. The number of hydrogen-bond acceptors (Lipinski definition) is 4. The van der Waals surface area contributed by atoms with E-state index in [0.717, 1.165) is 16.7 Å². The van der Waals surface area contributed by atoms with Crippen molar-refractivity contribution in [3.8, 4) is 11.5 Å². The van der Waals surface area contributed by atoms with E-state index in [-0.39, 0.29) is 12.5 Å². The lowest BCUT2D eigenvalue weighted by atomic mass is 10.1. The summed E-state index contributed by atoms with van der Waals surface area (Å²) in [5.41, 5.74) is 3.68. The highest BCUT2D eigenvalue weighted by atomic mass is 16.4. The van der Waals surface area contributed by atoms with Crippen molar-refractivity contribution in [3.05, 3.63) is 71.1 Å². The first-order valence-electron chi connectivity index (χ1n) is 7.37. The molecule has 0 aliphatic heterocycles. The molecular formula is C18H17N3O2. The zero-order valence-electron chi connectivity index (χ0n) is 13.0. The monoisotopic (exact) mass is 307 g/mol. The van der Waals surface area contributed by atoms with Gasteiger partial charge in [-0.05, 0) is 37.6 Å². The molecule has 5 heteroatoms. The predicted molar refractivity (Wildman–Crippen MR) is 86.8 cm³/mol. The van der Waals surface area contributed by atoms with Gasteiger partial charge in [0.15, 0.2) is 0 Å². The lowest BCUT2D eigenvalue weighted by Gasteiger charge is -2.03. The number of nitrogens with one attached hydrogen (secondary N) is 1. The zero-order valence-corrected chi connectivity index (χ0v) is 13.0. The third kappa shape index (κ3) is 3.45. The van der Waals surface area contributed by atoms with Crippen molar-refractivity contribution in [2.24, 2.45) is 0 Å². The van der Waals surface area contributed by atoms with E-state index in [1.165, 1.54) is 0 Å². The van der Waals surface area contributed by atoms with Gasteiger partial charge in [-0.1, -0.05) is 35.9 Å². The van der Waals surface area contributed by atoms with Crippen LogP contribution < -0.4 is 5.32 Å². The Kier molecular flexibility index (Phi) is 4.19. The van der Waals surface area contributed by atoms with E-state index in [4.69, 9.17) is 4.42 Å². The number of aryl methyl sites for hydroxylation is 2. The minimum Gasteiger partial charge on any atom is -0.419 e. The molecule has 0 fully saturated rings. The minimum absolute atomic E-state index is 0.166. The molecular weight excluding hydrogens is 290 g/mol. The molecule has 116 valence electrons. The second-order valence-corrected chi connectivity index (χ2v) is 5.36. The Morgan fingerprint density at radius 2 is 1.78 bits per heavy atom. The van der Waals surface area contributed by atoms with Gasteiger partial charge in [0.2, 0.25) is 11.8 Å². The molecule has 1 heterocycles. The molecule has 0 saturated heterocycles. The van der Waals surface area contributed by atoms with Gasteiger partial charge in [-0.15, -0.1) is 10.2 Å². The van der Waals surface area contributed by atoms with Crippen molar-refractivity contribution in [2.45, 2.75) is 20.4 Å². The summed E-state index contributed by atoms with van der Waals surface area (Å²) in [5.74, 6) is 0.673. The molecule has 1 N–H and O–H groups in total. The van der Waals surface area contributed by atoms with Gasteiger partial charge < -0.3 is 9.73 Å². The predicted octanol–water partition coefficient (Wildman–Crippen LogP) is 3.28. The number of amides is 1. The van der Waals surface area contributed by atoms with Crippen LogP contribution in [0.2, 0.25) is 0 Å². The largest absolute Gasteiger partial charge is 0.419 e. The number of benzene rings is 2. The summed E-state index contributed by atoms with van der Waals surface area (Å²) in [6.07, 6.45) is 0. The summed E-state index contributed by atoms with van der Waals surface area (Å²) < 4.78 is 5.62. The first kappa shape index (κ1) is 15.0. The molecule has 1 amide bonds. The number of aromatic nitrogens is 2. The van der Waals surface area contributed by atoms with E-state index < -0.39 is 0 Å². The van der Waals surface area contributed by atoms with Crippen LogP contribution in [-0.2, 0) is 6.54 Å². The first-order valence-corrected chi connectivity index (χ1v) is 7.37. The van der Waals surface area contributed by atoms with Crippen molar-refractivity contribution in [1.29, 1.82) is 0 Å². The minimum atomic E-state index is -0.166. The van der Waals surface area contributed by atoms with Crippen molar-refractivity contribution in [1.82, 2.24) is 15.5 Å². The van der Waals surface area contributed by atoms with E-state index in [9.17, 15) is 4.79 Å². The molecule has 0 aliphatic rings. The van der Waals surface area contributed by atoms with Gasteiger partial charge in [-0.3, -0.25) is 4.79 Å². The Labute approximate surface area is 134 Å². The van der Waals surface area contributed by atoms with E-state index in [2.05, 4.69) is 15.5 Å². The smallest absolute Gasteiger partial charge is 0.251 e. The van der Waals surface area contributed by atoms with Crippen LogP contribution in [0, 0.1) is 13.8 Å². The van der Waals surface area contributed by atoms with Crippen LogP contribution in [0.1, 0.15) is 27.4 Å². The Bertz CT molecular complexity index is 822. The molecule has 0 atom stereocenters. The highest BCUT2D eigenvalue weighted by Crippen LogP contribution is 2.21. The first-order chi connectivity index (χ1) is 11.1. The summed E-state index contributed by atoms with van der Waals surface area (Å²) in [6.45, 7) is 4.16. The van der Waals surface area contributed by atoms with Gasteiger partial charge in [-0.25, -0.2) is 0 Å². The van der Waals surface area contributed by atoms with Crippen molar-refractivity contribution in [3.63, 3.8) is 0 Å². The quantitative estimate of drug-likeness (QED) is 0.803. The van der Waals surface area contributed by atoms with Crippen LogP contribution in [-0.4, -0.2) is 16.1 Å². The number of rotatable bonds is 4. The third-order valence-electron chi connectivity index (χ3n) is 3.56. The van der Waals surface area contributed by atoms with Gasteiger partial charge in [0.05, 0.1) is 6.54 Å². The maximum absolute atomic E-state index is 12.1. The van der Waals surface area contributed by atoms with Crippen molar-refractivity contribution >= 4 is 5.91 Å². The summed E-state index contributed by atoms with van der Waals surface area (Å²) in [5, 5.41) is 10.8. The third-order valence-corrected chi connectivity index (χ3v) is 3.56. The maximum Gasteiger partial charge on any atom is 0.251 e. The second-order valence-electron chi connectivity index (χ2n) is 5.36. The second kappa shape index (κ2) is 6.44. The normalized spacial score (nSPS) is 10.5. The Balaban J connectivity index is 1.67. The van der Waals surface area contributed by atoms with E-state index in [0.29, 0.717) is 17.3 Å². The van der Waals surface area contributed by atoms with Crippen molar-refractivity contribution in [2.75, 3.05) is 0 Å². The SMILES string of the molecule is Cc1ccc(C(=O)NCc2nnc(-c3ccccc3C)o2)cc1. The van der Waals surface area contributed by atoms with Crippen molar-refractivity contribution < 1.29 is 9.21 Å². The Hall–Kier alpha value is -2.95. The average molecular weight is 307 g/mol. The topological polar surface area (TPSA) is 68.0 Å². The number of carbonyl (C=O) groups excluding carboxylic acids is 1. The molecule has 0 unspecified atom stereocenters. The van der Waals surface area contributed by atoms with Crippen LogP contribution in [0.5, 0.6) is 0 Å². The van der Waals surface area contributed by atoms with Gasteiger partial charge in [0.1, 0.15) is 0 Å². The summed E-state index contributed by atoms with van der Waals surface area (Å²) in [6, 6.07) is 15.2. The highest BCUT2D eigenvalue weighted by molar-refractivity contribution is 5.94. The summed E-state index contributed by atoms with van der Waals surface area (Å²) >= 11 is 0. The average Bonchev–Trinajstić information content (AvgIpc) is 3.02. The molecule has 0 saturated carbocycles. The maximum atomic E-state index is 12.1. The summed E-state index contributed by atoms with van der Waals surface area (Å²) in [4.78, 5) is 12.1. The Morgan fingerprint density at radius 1 is 1.04 bits per heavy atom. The van der Waals surface area contributed by atoms with Gasteiger partial charge in [0.25, 0.3) is 5.91 Å². The van der Waals surface area contributed by atoms with Crippen LogP contribution >= 0.6 is 0 Å². The van der Waals surface area contributed by atoms with Crippen LogP contribution in [0.15, 0.2) is 52.9 Å². The number of carbonyl (C=O) groups is 1. The molecule has 5 nitrogen and oxygen atoms in total. The summed E-state index contributed by atoms with van der Waals surface area (Å²) in [7, 11) is 0. The lowest BCUT2D eigenvalue weighted by Crippen LogP contribution is -2.22. The van der Waals surface area contributed by atoms with E-state index in [1.54, 1.807) is 12.1 Å². The molecule has 3 aromatic rings. The van der Waals surface area contributed by atoms with Gasteiger partial charge >= 0.3 is 0 Å². The fourth-order valence-corrected chi connectivity index (χ4v) is 2.21. The molecule has 0 spiro atoms. The van der Waals surface area contributed by atoms with Crippen LogP contribution in [0.4, 0.5) is 0 Å². The van der Waals surface area contributed by atoms with Gasteiger partial charge in [0, 0.05) is 11.1 Å². The lowest BCUT2D eigenvalue weighted by molar-refractivity contribution is 0.0947. The number of nitrogens with zero attached hydrogens (tertiary/aromatic N) is 2. The number of hydrogen-bond donors (Lipinski definition) is 1. The zero-order chi connectivity index (χ0) is 16.2. The fraction of sp³-hybridized carbons (Fsp3) is 0.167. The molecule has 1 aromatic heterocycles. The molecule has 0 aliphatic carbocycles. The van der Waals surface area contributed by atoms with E-state index in [1.807, 2.05) is 50.2 Å². The van der Waals surface area contributed by atoms with Gasteiger partial charge in [-0.2, -0.15) is 0 Å².